The Bertz CT molecular complexity index is 940. The van der Waals surface area contributed by atoms with Gasteiger partial charge in [0.05, 0.1) is 6.20 Å². The summed E-state index contributed by atoms with van der Waals surface area (Å²) in [6.45, 7) is 9.97. The van der Waals surface area contributed by atoms with Crippen LogP contribution in [-0.2, 0) is 0 Å². The van der Waals surface area contributed by atoms with E-state index in [0.717, 1.165) is 33.5 Å². The summed E-state index contributed by atoms with van der Waals surface area (Å²) < 4.78 is 13.3. The van der Waals surface area contributed by atoms with Crippen LogP contribution in [0.15, 0.2) is 96.0 Å². The lowest BCUT2D eigenvalue weighted by molar-refractivity contribution is 0.621. The molecule has 4 heteroatoms. The predicted molar refractivity (Wildman–Crippen MR) is 118 cm³/mol. The number of aromatic nitrogens is 1. The maximum Gasteiger partial charge on any atom is 0.142 e. The maximum absolute atomic E-state index is 13.3. The van der Waals surface area contributed by atoms with Crippen molar-refractivity contribution >= 4 is 23.3 Å². The first-order valence-electron chi connectivity index (χ1n) is 8.88. The van der Waals surface area contributed by atoms with Gasteiger partial charge >= 0.3 is 0 Å². The Kier molecular flexibility index (Phi) is 7.97. The smallest absolute Gasteiger partial charge is 0.142 e. The van der Waals surface area contributed by atoms with Crippen molar-refractivity contribution in [2.45, 2.75) is 13.3 Å². The van der Waals surface area contributed by atoms with E-state index in [1.54, 1.807) is 6.20 Å². The normalized spacial score (nSPS) is 12.6. The number of nitrogens with zero attached hydrogens (tertiary/aromatic N) is 1. The van der Waals surface area contributed by atoms with Crippen molar-refractivity contribution in [1.82, 2.24) is 10.3 Å². The Morgan fingerprint density at radius 1 is 1.21 bits per heavy atom. The first-order valence-corrected chi connectivity index (χ1v) is 9.26. The van der Waals surface area contributed by atoms with Crippen LogP contribution in [0.2, 0.25) is 0 Å². The number of benzene rings is 1. The third-order valence-corrected chi connectivity index (χ3v) is 4.26. The Hall–Kier alpha value is -2.91. The van der Waals surface area contributed by atoms with Gasteiger partial charge in [-0.25, -0.2) is 4.39 Å². The average Bonchev–Trinajstić information content (AvgIpc) is 2.67. The maximum atomic E-state index is 13.3. The standard InChI is InChI=1S/C24H24ClFN2/c1-17(9-8-10-20-14-22(26)16-28-15-20)24(21-11-6-5-7-12-21)23(13-18(2)25)19(3)27-4/h5-8,10-16,27H,2-3,9H2,1,4H3/b10-8+,23-13+,24-17+. The number of rotatable bonds is 8. The summed E-state index contributed by atoms with van der Waals surface area (Å²) in [5.74, 6) is -0.351. The van der Waals surface area contributed by atoms with E-state index in [1.165, 1.54) is 12.3 Å². The molecule has 0 spiro atoms. The molecule has 1 aromatic heterocycles. The molecular formula is C24H24ClFN2. The zero-order chi connectivity index (χ0) is 20.5. The first-order chi connectivity index (χ1) is 13.4. The topological polar surface area (TPSA) is 24.9 Å². The Morgan fingerprint density at radius 3 is 2.54 bits per heavy atom. The number of hydrogen-bond donors (Lipinski definition) is 1. The Morgan fingerprint density at radius 2 is 1.93 bits per heavy atom. The minimum Gasteiger partial charge on any atom is -0.388 e. The van der Waals surface area contributed by atoms with Crippen LogP contribution in [0.3, 0.4) is 0 Å². The highest BCUT2D eigenvalue weighted by Crippen LogP contribution is 2.32. The van der Waals surface area contributed by atoms with Crippen molar-refractivity contribution in [3.8, 4) is 0 Å². The summed E-state index contributed by atoms with van der Waals surface area (Å²) in [5, 5.41) is 3.52. The van der Waals surface area contributed by atoms with Gasteiger partial charge in [-0.2, -0.15) is 0 Å². The van der Waals surface area contributed by atoms with E-state index in [4.69, 9.17) is 11.6 Å². The van der Waals surface area contributed by atoms with E-state index in [0.29, 0.717) is 11.5 Å². The molecule has 0 bridgehead atoms. The van der Waals surface area contributed by atoms with E-state index in [1.807, 2.05) is 55.6 Å². The highest BCUT2D eigenvalue weighted by Gasteiger charge is 2.14. The number of halogens is 2. The van der Waals surface area contributed by atoms with Crippen LogP contribution in [-0.4, -0.2) is 12.0 Å². The van der Waals surface area contributed by atoms with Crippen molar-refractivity contribution in [3.05, 3.63) is 113 Å². The zero-order valence-electron chi connectivity index (χ0n) is 16.2. The van der Waals surface area contributed by atoms with Crippen molar-refractivity contribution in [2.75, 3.05) is 7.05 Å². The van der Waals surface area contributed by atoms with Crippen molar-refractivity contribution in [1.29, 1.82) is 0 Å². The molecule has 0 atom stereocenters. The predicted octanol–water partition coefficient (Wildman–Crippen LogP) is 6.51. The molecule has 2 aromatic rings. The van der Waals surface area contributed by atoms with Gasteiger partial charge in [0.2, 0.25) is 0 Å². The molecule has 0 amide bonds. The van der Waals surface area contributed by atoms with Crippen LogP contribution < -0.4 is 5.32 Å². The van der Waals surface area contributed by atoms with Crippen LogP contribution >= 0.6 is 11.6 Å². The first kappa shape index (κ1) is 21.4. The molecule has 2 rings (SSSR count). The highest BCUT2D eigenvalue weighted by atomic mass is 35.5. The van der Waals surface area contributed by atoms with Gasteiger partial charge in [0, 0.05) is 29.5 Å². The molecule has 2 nitrogen and oxygen atoms in total. The SMILES string of the molecule is C=C(Cl)/C=C(C(=C)NC)/C(=C(\C)C/C=C/c1cncc(F)c1)c1ccccc1. The quantitative estimate of drug-likeness (QED) is 0.516. The molecule has 0 aliphatic rings. The fourth-order valence-corrected chi connectivity index (χ4v) is 2.94. The number of allylic oxidation sites excluding steroid dienone is 5. The van der Waals surface area contributed by atoms with E-state index < -0.39 is 0 Å². The monoisotopic (exact) mass is 394 g/mol. The summed E-state index contributed by atoms with van der Waals surface area (Å²) in [6.07, 6.45) is 9.15. The van der Waals surface area contributed by atoms with Gasteiger partial charge in [0.15, 0.2) is 0 Å². The van der Waals surface area contributed by atoms with Crippen LogP contribution in [0.25, 0.3) is 11.6 Å². The molecular weight excluding hydrogens is 371 g/mol. The average molecular weight is 395 g/mol. The lowest BCUT2D eigenvalue weighted by atomic mass is 9.90. The molecule has 0 aliphatic heterocycles. The van der Waals surface area contributed by atoms with Gasteiger partial charge in [-0.3, -0.25) is 4.98 Å². The molecule has 0 radical (unpaired) electrons. The minimum atomic E-state index is -0.351. The molecule has 0 fully saturated rings. The van der Waals surface area contributed by atoms with Gasteiger partial charge in [0.1, 0.15) is 5.82 Å². The fraction of sp³-hybridized carbons (Fsp3) is 0.125. The molecule has 0 unspecified atom stereocenters. The summed E-state index contributed by atoms with van der Waals surface area (Å²) in [6, 6.07) is 11.5. The molecule has 28 heavy (non-hydrogen) atoms. The van der Waals surface area contributed by atoms with Gasteiger partial charge in [0.25, 0.3) is 0 Å². The second kappa shape index (κ2) is 10.4. The number of nitrogens with one attached hydrogen (secondary N) is 1. The van der Waals surface area contributed by atoms with Crippen LogP contribution in [0.5, 0.6) is 0 Å². The van der Waals surface area contributed by atoms with E-state index >= 15 is 0 Å². The van der Waals surface area contributed by atoms with Gasteiger partial charge in [-0.1, -0.05) is 72.8 Å². The summed E-state index contributed by atoms with van der Waals surface area (Å²) in [5.41, 5.74) is 5.56. The fourth-order valence-electron chi connectivity index (χ4n) is 2.83. The summed E-state index contributed by atoms with van der Waals surface area (Å²) in [7, 11) is 1.82. The number of likely N-dealkylation sites (N-methyl/N-ethyl adjacent to an activating group) is 1. The van der Waals surface area contributed by atoms with Crippen LogP contribution in [0.1, 0.15) is 24.5 Å². The Balaban J connectivity index is 2.47. The molecule has 0 aliphatic carbocycles. The Labute approximate surface area is 171 Å². The largest absolute Gasteiger partial charge is 0.388 e. The van der Waals surface area contributed by atoms with Gasteiger partial charge in [-0.05, 0) is 42.2 Å². The second-order valence-corrected chi connectivity index (χ2v) is 6.78. The third kappa shape index (κ3) is 6.07. The lowest BCUT2D eigenvalue weighted by Gasteiger charge is -2.18. The number of hydrogen-bond acceptors (Lipinski definition) is 2. The second-order valence-electron chi connectivity index (χ2n) is 6.30. The lowest BCUT2D eigenvalue weighted by Crippen LogP contribution is -2.09. The van der Waals surface area contributed by atoms with E-state index in [-0.39, 0.29) is 5.82 Å². The molecule has 1 aromatic carbocycles. The van der Waals surface area contributed by atoms with Crippen molar-refractivity contribution in [2.24, 2.45) is 0 Å². The minimum absolute atomic E-state index is 0.351. The summed E-state index contributed by atoms with van der Waals surface area (Å²) >= 11 is 6.09. The third-order valence-electron chi connectivity index (χ3n) is 4.15. The molecule has 1 heterocycles. The number of pyridine rings is 1. The molecule has 144 valence electrons. The zero-order valence-corrected chi connectivity index (χ0v) is 16.9. The van der Waals surface area contributed by atoms with Crippen molar-refractivity contribution in [3.63, 3.8) is 0 Å². The van der Waals surface area contributed by atoms with Crippen LogP contribution in [0.4, 0.5) is 4.39 Å². The summed E-state index contributed by atoms with van der Waals surface area (Å²) in [4.78, 5) is 3.87. The molecule has 1 N–H and O–H groups in total. The van der Waals surface area contributed by atoms with Crippen molar-refractivity contribution < 1.29 is 4.39 Å². The highest BCUT2D eigenvalue weighted by molar-refractivity contribution is 6.31. The molecule has 0 saturated heterocycles. The van der Waals surface area contributed by atoms with E-state index in [9.17, 15) is 4.39 Å². The van der Waals surface area contributed by atoms with Gasteiger partial charge in [-0.15, -0.1) is 0 Å². The van der Waals surface area contributed by atoms with E-state index in [2.05, 4.69) is 30.4 Å². The van der Waals surface area contributed by atoms with Crippen LogP contribution in [0, 0.1) is 5.82 Å². The van der Waals surface area contributed by atoms with Gasteiger partial charge < -0.3 is 5.32 Å². The molecule has 0 saturated carbocycles.